The van der Waals surface area contributed by atoms with Gasteiger partial charge in [0.05, 0.1) is 6.04 Å². The molecule has 3 atom stereocenters. The highest BCUT2D eigenvalue weighted by Crippen LogP contribution is 2.26. The highest BCUT2D eigenvalue weighted by molar-refractivity contribution is 5.82. The van der Waals surface area contributed by atoms with Gasteiger partial charge in [-0.3, -0.25) is 4.79 Å². The van der Waals surface area contributed by atoms with Gasteiger partial charge in [-0.1, -0.05) is 40.0 Å². The van der Waals surface area contributed by atoms with Gasteiger partial charge in [0.25, 0.3) is 0 Å². The predicted octanol–water partition coefficient (Wildman–Crippen LogP) is 2.05. The summed E-state index contributed by atoms with van der Waals surface area (Å²) in [5.74, 6) is 0.890. The minimum absolute atomic E-state index is 0.0281. The average Bonchev–Trinajstić information content (AvgIpc) is 2.28. The van der Waals surface area contributed by atoms with Gasteiger partial charge in [-0.2, -0.15) is 0 Å². The molecule has 16 heavy (non-hydrogen) atoms. The minimum Gasteiger partial charge on any atom is -0.352 e. The largest absolute Gasteiger partial charge is 0.352 e. The van der Waals surface area contributed by atoms with Crippen LogP contribution in [0.1, 0.15) is 52.9 Å². The molecular weight excluding hydrogens is 200 g/mol. The van der Waals surface area contributed by atoms with Gasteiger partial charge in [-0.05, 0) is 24.7 Å². The van der Waals surface area contributed by atoms with Crippen LogP contribution in [0.5, 0.6) is 0 Å². The van der Waals surface area contributed by atoms with Crippen molar-refractivity contribution in [1.82, 2.24) is 5.32 Å². The lowest BCUT2D eigenvalue weighted by Gasteiger charge is -2.32. The molecular formula is C13H26N2O. The van der Waals surface area contributed by atoms with E-state index in [1.54, 1.807) is 0 Å². The Kier molecular flexibility index (Phi) is 5.26. The molecule has 0 aromatic carbocycles. The summed E-state index contributed by atoms with van der Waals surface area (Å²) in [6.45, 7) is 6.18. The lowest BCUT2D eigenvalue weighted by molar-refractivity contribution is -0.124. The van der Waals surface area contributed by atoms with Gasteiger partial charge in [-0.25, -0.2) is 0 Å². The summed E-state index contributed by atoms with van der Waals surface area (Å²) in [6.07, 6.45) is 6.06. The number of hydrogen-bond acceptors (Lipinski definition) is 2. The number of carbonyl (C=O) groups is 1. The molecule has 1 amide bonds. The van der Waals surface area contributed by atoms with Crippen molar-refractivity contribution in [3.8, 4) is 0 Å². The van der Waals surface area contributed by atoms with Crippen molar-refractivity contribution >= 4 is 5.91 Å². The minimum atomic E-state index is -0.362. The molecule has 0 bridgehead atoms. The van der Waals surface area contributed by atoms with Gasteiger partial charge in [0, 0.05) is 6.04 Å². The maximum absolute atomic E-state index is 11.9. The van der Waals surface area contributed by atoms with Crippen molar-refractivity contribution < 1.29 is 4.79 Å². The summed E-state index contributed by atoms with van der Waals surface area (Å²) >= 11 is 0. The molecule has 94 valence electrons. The summed E-state index contributed by atoms with van der Waals surface area (Å²) in [5.41, 5.74) is 5.85. The first kappa shape index (κ1) is 13.5. The van der Waals surface area contributed by atoms with Crippen molar-refractivity contribution in [3.63, 3.8) is 0 Å². The zero-order chi connectivity index (χ0) is 12.1. The van der Waals surface area contributed by atoms with E-state index in [0.29, 0.717) is 12.0 Å². The first-order valence-electron chi connectivity index (χ1n) is 6.62. The van der Waals surface area contributed by atoms with E-state index >= 15 is 0 Å². The van der Waals surface area contributed by atoms with Crippen LogP contribution in [0, 0.1) is 11.8 Å². The summed E-state index contributed by atoms with van der Waals surface area (Å²) in [4.78, 5) is 11.9. The summed E-state index contributed by atoms with van der Waals surface area (Å²) in [7, 11) is 0. The van der Waals surface area contributed by atoms with Crippen LogP contribution in [-0.2, 0) is 4.79 Å². The van der Waals surface area contributed by atoms with Gasteiger partial charge in [-0.15, -0.1) is 0 Å². The SMILES string of the molecule is CCC1CCCCC1NC(=O)C(N)C(C)C. The number of rotatable bonds is 4. The Labute approximate surface area is 99.2 Å². The molecule has 0 aromatic rings. The maximum atomic E-state index is 11.9. The molecule has 3 N–H and O–H groups in total. The molecule has 1 aliphatic rings. The second kappa shape index (κ2) is 6.24. The third kappa shape index (κ3) is 3.48. The molecule has 3 unspecified atom stereocenters. The molecule has 0 heterocycles. The molecule has 0 radical (unpaired) electrons. The Morgan fingerprint density at radius 2 is 2.00 bits per heavy atom. The van der Waals surface area contributed by atoms with Crippen LogP contribution in [0.25, 0.3) is 0 Å². The highest BCUT2D eigenvalue weighted by atomic mass is 16.2. The van der Waals surface area contributed by atoms with Crippen molar-refractivity contribution in [3.05, 3.63) is 0 Å². The number of carbonyl (C=O) groups excluding carboxylic acids is 1. The fourth-order valence-electron chi connectivity index (χ4n) is 2.47. The molecule has 1 rings (SSSR count). The number of amides is 1. The number of nitrogens with one attached hydrogen (secondary N) is 1. The Balaban J connectivity index is 2.48. The summed E-state index contributed by atoms with van der Waals surface area (Å²) < 4.78 is 0. The van der Waals surface area contributed by atoms with Crippen LogP contribution < -0.4 is 11.1 Å². The number of nitrogens with two attached hydrogens (primary N) is 1. The third-order valence-electron chi connectivity index (χ3n) is 3.78. The van der Waals surface area contributed by atoms with Crippen LogP contribution in [-0.4, -0.2) is 18.0 Å². The van der Waals surface area contributed by atoms with Crippen LogP contribution in [0.15, 0.2) is 0 Å². The Bertz CT molecular complexity index is 228. The van der Waals surface area contributed by atoms with Gasteiger partial charge in [0.2, 0.25) is 5.91 Å². The molecule has 0 saturated heterocycles. The molecule has 1 fully saturated rings. The zero-order valence-corrected chi connectivity index (χ0v) is 10.8. The summed E-state index contributed by atoms with van der Waals surface area (Å²) in [6, 6.07) is -0.00418. The predicted molar refractivity (Wildman–Crippen MR) is 67.0 cm³/mol. The van der Waals surface area contributed by atoms with Crippen molar-refractivity contribution in [2.45, 2.75) is 65.0 Å². The lowest BCUT2D eigenvalue weighted by Crippen LogP contribution is -2.50. The second-order valence-corrected chi connectivity index (χ2v) is 5.34. The van der Waals surface area contributed by atoms with Crippen molar-refractivity contribution in [1.29, 1.82) is 0 Å². The fraction of sp³-hybridized carbons (Fsp3) is 0.923. The Hall–Kier alpha value is -0.570. The van der Waals surface area contributed by atoms with Crippen LogP contribution in [0.3, 0.4) is 0 Å². The van der Waals surface area contributed by atoms with E-state index in [1.165, 1.54) is 19.3 Å². The fourth-order valence-corrected chi connectivity index (χ4v) is 2.47. The second-order valence-electron chi connectivity index (χ2n) is 5.34. The molecule has 0 aliphatic heterocycles. The molecule has 1 saturated carbocycles. The Morgan fingerprint density at radius 3 is 2.56 bits per heavy atom. The molecule has 0 spiro atoms. The van der Waals surface area contributed by atoms with E-state index in [-0.39, 0.29) is 17.9 Å². The van der Waals surface area contributed by atoms with Crippen LogP contribution >= 0.6 is 0 Å². The van der Waals surface area contributed by atoms with Crippen molar-refractivity contribution in [2.24, 2.45) is 17.6 Å². The smallest absolute Gasteiger partial charge is 0.237 e. The molecule has 0 aromatic heterocycles. The highest BCUT2D eigenvalue weighted by Gasteiger charge is 2.27. The monoisotopic (exact) mass is 226 g/mol. The topological polar surface area (TPSA) is 55.1 Å². The quantitative estimate of drug-likeness (QED) is 0.771. The first-order chi connectivity index (χ1) is 7.56. The molecule has 3 heteroatoms. The zero-order valence-electron chi connectivity index (χ0n) is 10.8. The van der Waals surface area contributed by atoms with Gasteiger partial charge < -0.3 is 11.1 Å². The van der Waals surface area contributed by atoms with Crippen LogP contribution in [0.4, 0.5) is 0 Å². The van der Waals surface area contributed by atoms with E-state index in [1.807, 2.05) is 13.8 Å². The standard InChI is InChI=1S/C13H26N2O/c1-4-10-7-5-6-8-11(10)15-13(16)12(14)9(2)3/h9-12H,4-8,14H2,1-3H3,(H,15,16). The van der Waals surface area contributed by atoms with E-state index in [4.69, 9.17) is 5.73 Å². The lowest BCUT2D eigenvalue weighted by atomic mass is 9.82. The molecule has 1 aliphatic carbocycles. The number of hydrogen-bond donors (Lipinski definition) is 2. The van der Waals surface area contributed by atoms with E-state index < -0.39 is 0 Å². The van der Waals surface area contributed by atoms with E-state index in [2.05, 4.69) is 12.2 Å². The maximum Gasteiger partial charge on any atom is 0.237 e. The van der Waals surface area contributed by atoms with Gasteiger partial charge >= 0.3 is 0 Å². The van der Waals surface area contributed by atoms with E-state index in [9.17, 15) is 4.79 Å². The van der Waals surface area contributed by atoms with E-state index in [0.717, 1.165) is 12.8 Å². The summed E-state index contributed by atoms with van der Waals surface area (Å²) in [5, 5.41) is 3.14. The first-order valence-corrected chi connectivity index (χ1v) is 6.62. The van der Waals surface area contributed by atoms with Crippen LogP contribution in [0.2, 0.25) is 0 Å². The molecule has 3 nitrogen and oxygen atoms in total. The third-order valence-corrected chi connectivity index (χ3v) is 3.78. The van der Waals surface area contributed by atoms with Crippen molar-refractivity contribution in [2.75, 3.05) is 0 Å². The van der Waals surface area contributed by atoms with Gasteiger partial charge in [0.15, 0.2) is 0 Å². The normalized spacial score (nSPS) is 27.8. The average molecular weight is 226 g/mol. The van der Waals surface area contributed by atoms with Gasteiger partial charge in [0.1, 0.15) is 0 Å². The Morgan fingerprint density at radius 1 is 1.38 bits per heavy atom.